The first kappa shape index (κ1) is 16.4. The number of amides is 4. The van der Waals surface area contributed by atoms with E-state index in [0.717, 1.165) is 17.7 Å². The van der Waals surface area contributed by atoms with Crippen molar-refractivity contribution in [3.63, 3.8) is 0 Å². The summed E-state index contributed by atoms with van der Waals surface area (Å²) in [5.74, 6) is -0.819. The molecule has 128 valence electrons. The highest BCUT2D eigenvalue weighted by Gasteiger charge is 2.49. The summed E-state index contributed by atoms with van der Waals surface area (Å²) in [5.41, 5.74) is -0.829. The minimum absolute atomic E-state index is 0.0433. The molecule has 6 nitrogen and oxygen atoms in total. The van der Waals surface area contributed by atoms with Crippen molar-refractivity contribution in [3.8, 4) is 0 Å². The van der Waals surface area contributed by atoms with E-state index in [-0.39, 0.29) is 18.5 Å². The molecule has 1 aliphatic carbocycles. The van der Waals surface area contributed by atoms with Crippen molar-refractivity contribution in [3.05, 3.63) is 35.6 Å². The van der Waals surface area contributed by atoms with Gasteiger partial charge in [0, 0.05) is 6.04 Å². The lowest BCUT2D eigenvalue weighted by Gasteiger charge is -2.22. The molecule has 2 N–H and O–H groups in total. The summed E-state index contributed by atoms with van der Waals surface area (Å²) in [5, 5.41) is 5.42. The molecule has 2 fully saturated rings. The van der Waals surface area contributed by atoms with Gasteiger partial charge in [-0.15, -0.1) is 0 Å². The molecule has 24 heavy (non-hydrogen) atoms. The summed E-state index contributed by atoms with van der Waals surface area (Å²) < 4.78 is 13.1. The maximum absolute atomic E-state index is 13.1. The fraction of sp³-hybridized carbons (Fsp3) is 0.471. The number of nitrogens with one attached hydrogen (secondary N) is 2. The number of halogens is 1. The van der Waals surface area contributed by atoms with Gasteiger partial charge in [0.1, 0.15) is 17.9 Å². The minimum atomic E-state index is -1.30. The molecule has 7 heteroatoms. The molecule has 1 saturated heterocycles. The number of rotatable bonds is 5. The fourth-order valence-electron chi connectivity index (χ4n) is 2.98. The van der Waals surface area contributed by atoms with Crippen LogP contribution in [-0.4, -0.2) is 35.3 Å². The minimum Gasteiger partial charge on any atom is -0.352 e. The van der Waals surface area contributed by atoms with E-state index < -0.39 is 23.3 Å². The molecule has 1 aromatic rings. The quantitative estimate of drug-likeness (QED) is 0.802. The van der Waals surface area contributed by atoms with Gasteiger partial charge in [-0.25, -0.2) is 9.18 Å². The maximum atomic E-state index is 13.1. The molecule has 4 amide bonds. The third-order valence-corrected chi connectivity index (χ3v) is 4.72. The number of hydrogen-bond acceptors (Lipinski definition) is 3. The number of carbonyl (C=O) groups excluding carboxylic acids is 3. The van der Waals surface area contributed by atoms with Crippen molar-refractivity contribution in [2.75, 3.05) is 6.54 Å². The van der Waals surface area contributed by atoms with E-state index in [2.05, 4.69) is 10.6 Å². The van der Waals surface area contributed by atoms with Gasteiger partial charge in [0.05, 0.1) is 0 Å². The fourth-order valence-corrected chi connectivity index (χ4v) is 2.98. The van der Waals surface area contributed by atoms with Crippen LogP contribution in [0.4, 0.5) is 9.18 Å². The summed E-state index contributed by atoms with van der Waals surface area (Å²) in [6.45, 7) is 3.15. The number of urea groups is 1. The van der Waals surface area contributed by atoms with Gasteiger partial charge in [-0.1, -0.05) is 12.1 Å². The molecule has 2 atom stereocenters. The largest absolute Gasteiger partial charge is 0.352 e. The average molecular weight is 333 g/mol. The molecular formula is C17H20FN3O3. The van der Waals surface area contributed by atoms with E-state index >= 15 is 0 Å². The molecule has 0 radical (unpaired) electrons. The lowest BCUT2D eigenvalue weighted by atomic mass is 9.92. The van der Waals surface area contributed by atoms with Gasteiger partial charge in [0.2, 0.25) is 5.91 Å². The highest BCUT2D eigenvalue weighted by molar-refractivity contribution is 6.09. The Hall–Kier alpha value is -2.44. The van der Waals surface area contributed by atoms with Crippen molar-refractivity contribution in [2.24, 2.45) is 5.92 Å². The summed E-state index contributed by atoms with van der Waals surface area (Å²) in [6.07, 6.45) is 2.18. The van der Waals surface area contributed by atoms with Gasteiger partial charge in [0.25, 0.3) is 5.91 Å². The number of carbonyl (C=O) groups is 3. The van der Waals surface area contributed by atoms with Crippen molar-refractivity contribution >= 4 is 17.8 Å². The van der Waals surface area contributed by atoms with Crippen LogP contribution in [0.1, 0.15) is 32.3 Å². The summed E-state index contributed by atoms with van der Waals surface area (Å²) >= 11 is 0. The molecule has 1 aromatic carbocycles. The molecule has 2 unspecified atom stereocenters. The second-order valence-electron chi connectivity index (χ2n) is 6.65. The first-order valence-corrected chi connectivity index (χ1v) is 8.01. The standard InChI is InChI=1S/C17H20FN3O3/c1-10(11-3-4-11)19-14(22)9-21-15(23)17(2,20-16(21)24)12-5-7-13(18)8-6-12/h5-8,10-11H,3-4,9H2,1-2H3,(H,19,22)(H,20,24). The second-order valence-corrected chi connectivity index (χ2v) is 6.65. The summed E-state index contributed by atoms with van der Waals surface area (Å²) in [6, 6.07) is 4.78. The summed E-state index contributed by atoms with van der Waals surface area (Å²) in [4.78, 5) is 37.8. The van der Waals surface area contributed by atoms with Crippen LogP contribution in [0.15, 0.2) is 24.3 Å². The smallest absolute Gasteiger partial charge is 0.325 e. The van der Waals surface area contributed by atoms with Crippen LogP contribution in [0.25, 0.3) is 0 Å². The summed E-state index contributed by atoms with van der Waals surface area (Å²) in [7, 11) is 0. The third kappa shape index (κ3) is 2.98. The van der Waals surface area contributed by atoms with Crippen LogP contribution >= 0.6 is 0 Å². The second kappa shape index (κ2) is 5.89. The van der Waals surface area contributed by atoms with E-state index in [0.29, 0.717) is 11.5 Å². The molecule has 0 aromatic heterocycles. The zero-order valence-corrected chi connectivity index (χ0v) is 13.6. The SMILES string of the molecule is CC(NC(=O)CN1C(=O)NC(C)(c2ccc(F)cc2)C1=O)C1CC1. The van der Waals surface area contributed by atoms with Gasteiger partial charge in [0.15, 0.2) is 0 Å². The van der Waals surface area contributed by atoms with Crippen molar-refractivity contribution in [1.82, 2.24) is 15.5 Å². The van der Waals surface area contributed by atoms with Crippen molar-refractivity contribution in [2.45, 2.75) is 38.3 Å². The van der Waals surface area contributed by atoms with Gasteiger partial charge < -0.3 is 10.6 Å². The van der Waals surface area contributed by atoms with Crippen molar-refractivity contribution < 1.29 is 18.8 Å². The Labute approximate surface area is 139 Å². The lowest BCUT2D eigenvalue weighted by Crippen LogP contribution is -2.45. The molecule has 1 aliphatic heterocycles. The Morgan fingerprint density at radius 2 is 2.00 bits per heavy atom. The number of benzene rings is 1. The van der Waals surface area contributed by atoms with Crippen LogP contribution in [0.3, 0.4) is 0 Å². The Bertz CT molecular complexity index is 687. The highest BCUT2D eigenvalue weighted by Crippen LogP contribution is 2.32. The van der Waals surface area contributed by atoms with Crippen molar-refractivity contribution in [1.29, 1.82) is 0 Å². The van der Waals surface area contributed by atoms with Crippen LogP contribution in [0.2, 0.25) is 0 Å². The first-order valence-electron chi connectivity index (χ1n) is 8.01. The molecule has 1 heterocycles. The molecule has 2 aliphatic rings. The Balaban J connectivity index is 1.71. The normalized spacial score (nSPS) is 24.7. The Morgan fingerprint density at radius 1 is 1.38 bits per heavy atom. The van der Waals surface area contributed by atoms with Crippen LogP contribution in [0.5, 0.6) is 0 Å². The topological polar surface area (TPSA) is 78.5 Å². The monoisotopic (exact) mass is 333 g/mol. The van der Waals surface area contributed by atoms with Crippen LogP contribution < -0.4 is 10.6 Å². The molecule has 3 rings (SSSR count). The zero-order chi connectivity index (χ0) is 17.5. The van der Waals surface area contributed by atoms with Gasteiger partial charge in [-0.05, 0) is 50.3 Å². The third-order valence-electron chi connectivity index (χ3n) is 4.72. The zero-order valence-electron chi connectivity index (χ0n) is 13.6. The first-order chi connectivity index (χ1) is 11.3. The van der Waals surface area contributed by atoms with E-state index in [1.165, 1.54) is 24.3 Å². The van der Waals surface area contributed by atoms with E-state index in [1.54, 1.807) is 6.92 Å². The molecule has 0 spiro atoms. The number of imide groups is 1. The maximum Gasteiger partial charge on any atom is 0.325 e. The van der Waals surface area contributed by atoms with Crippen LogP contribution in [-0.2, 0) is 15.1 Å². The Kier molecular flexibility index (Phi) is 4.03. The van der Waals surface area contributed by atoms with Gasteiger partial charge in [-0.2, -0.15) is 0 Å². The van der Waals surface area contributed by atoms with Gasteiger partial charge >= 0.3 is 6.03 Å². The predicted molar refractivity (Wildman–Crippen MR) is 84.3 cm³/mol. The number of hydrogen-bond donors (Lipinski definition) is 2. The van der Waals surface area contributed by atoms with Crippen LogP contribution in [0, 0.1) is 11.7 Å². The Morgan fingerprint density at radius 3 is 2.58 bits per heavy atom. The molecule has 1 saturated carbocycles. The van der Waals surface area contributed by atoms with E-state index in [1.807, 2.05) is 6.92 Å². The molecule has 0 bridgehead atoms. The molecular weight excluding hydrogens is 313 g/mol. The number of nitrogens with zero attached hydrogens (tertiary/aromatic N) is 1. The average Bonchev–Trinajstić information content (AvgIpc) is 3.34. The van der Waals surface area contributed by atoms with E-state index in [4.69, 9.17) is 0 Å². The lowest BCUT2D eigenvalue weighted by molar-refractivity contribution is -0.135. The predicted octanol–water partition coefficient (Wildman–Crippen LogP) is 1.51. The van der Waals surface area contributed by atoms with E-state index in [9.17, 15) is 18.8 Å². The van der Waals surface area contributed by atoms with Gasteiger partial charge in [-0.3, -0.25) is 14.5 Å². The highest BCUT2D eigenvalue weighted by atomic mass is 19.1.